The molecule has 5 nitrogen and oxygen atoms in total. The van der Waals surface area contributed by atoms with Crippen LogP contribution in [0.25, 0.3) is 0 Å². The van der Waals surface area contributed by atoms with Crippen molar-refractivity contribution < 1.29 is 127 Å². The van der Waals surface area contributed by atoms with Crippen LogP contribution in [0.2, 0.25) is 0 Å². The standard InChI is InChI=1S/C11H10O5.2K/c12-10(13)8-3-6-1-2-16-5-7(6)4-9(8)11(14)15;;/h3-4H,1-2,5H2,(H,12,13)(H,14,15);;/q;2*+1/p-2. The van der Waals surface area contributed by atoms with Crippen molar-refractivity contribution in [1.29, 1.82) is 0 Å². The van der Waals surface area contributed by atoms with E-state index in [1.807, 2.05) is 0 Å². The molecule has 1 aliphatic rings. The van der Waals surface area contributed by atoms with E-state index < -0.39 is 11.9 Å². The van der Waals surface area contributed by atoms with Gasteiger partial charge in [-0.15, -0.1) is 0 Å². The second-order valence-electron chi connectivity index (χ2n) is 3.54. The van der Waals surface area contributed by atoms with Gasteiger partial charge in [-0.25, -0.2) is 0 Å². The monoisotopic (exact) mass is 298 g/mol. The maximum absolute atomic E-state index is 10.8. The summed E-state index contributed by atoms with van der Waals surface area (Å²) >= 11 is 0. The van der Waals surface area contributed by atoms with E-state index in [0.717, 1.165) is 5.56 Å². The van der Waals surface area contributed by atoms with Crippen LogP contribution in [-0.4, -0.2) is 18.5 Å². The Morgan fingerprint density at radius 3 is 2.00 bits per heavy atom. The van der Waals surface area contributed by atoms with Crippen molar-refractivity contribution in [3.63, 3.8) is 0 Å². The maximum Gasteiger partial charge on any atom is 1.00 e. The first-order chi connectivity index (χ1) is 7.59. The minimum Gasteiger partial charge on any atom is -0.545 e. The normalized spacial score (nSPS) is 12.7. The molecule has 18 heavy (non-hydrogen) atoms. The Bertz CT molecular complexity index is 430. The molecule has 7 heteroatoms. The SMILES string of the molecule is O=C([O-])c1cc2c(cc1C(=O)[O-])COCC2.[K+].[K+]. The van der Waals surface area contributed by atoms with Gasteiger partial charge in [-0.1, -0.05) is 0 Å². The number of rotatable bonds is 2. The van der Waals surface area contributed by atoms with Crippen LogP contribution in [0.3, 0.4) is 0 Å². The summed E-state index contributed by atoms with van der Waals surface area (Å²) in [4.78, 5) is 21.5. The summed E-state index contributed by atoms with van der Waals surface area (Å²) in [5.41, 5.74) is 0.788. The van der Waals surface area contributed by atoms with Gasteiger partial charge in [0.25, 0.3) is 0 Å². The fraction of sp³-hybridized carbons (Fsp3) is 0.273. The number of carboxylic acids is 2. The summed E-state index contributed by atoms with van der Waals surface area (Å²) in [6.07, 6.45) is 0.572. The number of ether oxygens (including phenoxy) is 1. The molecule has 0 amide bonds. The third kappa shape index (κ3) is 4.45. The first kappa shape index (κ1) is 19.4. The minimum absolute atomic E-state index is 0. The van der Waals surface area contributed by atoms with Crippen molar-refractivity contribution in [2.24, 2.45) is 0 Å². The number of carbonyl (C=O) groups excluding carboxylic acids is 2. The Kier molecular flexibility index (Phi) is 9.30. The third-order valence-corrected chi connectivity index (χ3v) is 2.55. The van der Waals surface area contributed by atoms with Crippen molar-refractivity contribution in [2.75, 3.05) is 6.61 Å². The largest absolute Gasteiger partial charge is 1.00 e. The van der Waals surface area contributed by atoms with Gasteiger partial charge in [-0.2, -0.15) is 0 Å². The number of aromatic carboxylic acids is 2. The zero-order valence-corrected chi connectivity index (χ0v) is 16.6. The van der Waals surface area contributed by atoms with Crippen LogP contribution >= 0.6 is 0 Å². The van der Waals surface area contributed by atoms with E-state index in [0.29, 0.717) is 25.2 Å². The smallest absolute Gasteiger partial charge is 0.545 e. The zero-order valence-electron chi connectivity index (χ0n) is 10.3. The molecule has 0 saturated carbocycles. The summed E-state index contributed by atoms with van der Waals surface area (Å²) in [7, 11) is 0. The molecule has 0 aliphatic carbocycles. The maximum atomic E-state index is 10.8. The van der Waals surface area contributed by atoms with Crippen LogP contribution in [0.1, 0.15) is 31.8 Å². The molecular formula is C11H8K2O5. The average molecular weight is 298 g/mol. The van der Waals surface area contributed by atoms with Gasteiger partial charge in [0.1, 0.15) is 0 Å². The van der Waals surface area contributed by atoms with Gasteiger partial charge in [0.15, 0.2) is 0 Å². The first-order valence-corrected chi connectivity index (χ1v) is 4.76. The number of benzene rings is 1. The summed E-state index contributed by atoms with van der Waals surface area (Å²) in [6.45, 7) is 0.799. The summed E-state index contributed by atoms with van der Waals surface area (Å²) in [5.74, 6) is -3.03. The molecule has 0 N–H and O–H groups in total. The summed E-state index contributed by atoms with van der Waals surface area (Å²) < 4.78 is 5.15. The summed E-state index contributed by atoms with van der Waals surface area (Å²) in [5, 5.41) is 21.5. The van der Waals surface area contributed by atoms with Crippen molar-refractivity contribution in [2.45, 2.75) is 13.0 Å². The molecule has 0 unspecified atom stereocenters. The Morgan fingerprint density at radius 1 is 1.00 bits per heavy atom. The fourth-order valence-electron chi connectivity index (χ4n) is 1.76. The Balaban J connectivity index is 0.00000144. The third-order valence-electron chi connectivity index (χ3n) is 2.55. The molecule has 0 spiro atoms. The molecule has 1 heterocycles. The quantitative estimate of drug-likeness (QED) is 0.506. The van der Waals surface area contributed by atoms with Crippen LogP contribution in [0.15, 0.2) is 12.1 Å². The number of fused-ring (bicyclic) bond motifs is 1. The van der Waals surface area contributed by atoms with E-state index in [1.54, 1.807) is 0 Å². The van der Waals surface area contributed by atoms with Gasteiger partial charge in [0.2, 0.25) is 0 Å². The second-order valence-corrected chi connectivity index (χ2v) is 3.54. The second kappa shape index (κ2) is 8.63. The Morgan fingerprint density at radius 2 is 1.50 bits per heavy atom. The van der Waals surface area contributed by atoms with Gasteiger partial charge in [0, 0.05) is 11.1 Å². The molecule has 2 rings (SSSR count). The Hall–Kier alpha value is 1.39. The molecule has 0 atom stereocenters. The predicted octanol–water partition coefficient (Wildman–Crippen LogP) is -7.51. The van der Waals surface area contributed by atoms with Crippen LogP contribution in [0.4, 0.5) is 0 Å². The first-order valence-electron chi connectivity index (χ1n) is 4.76. The predicted molar refractivity (Wildman–Crippen MR) is 48.5 cm³/mol. The van der Waals surface area contributed by atoms with Crippen LogP contribution in [0.5, 0.6) is 0 Å². The van der Waals surface area contributed by atoms with Gasteiger partial charge in [0.05, 0.1) is 25.2 Å². The summed E-state index contributed by atoms with van der Waals surface area (Å²) in [6, 6.07) is 2.62. The number of carboxylic acid groups (broad SMARTS) is 2. The number of carbonyl (C=O) groups is 2. The Labute approximate surface area is 189 Å². The van der Waals surface area contributed by atoms with Crippen LogP contribution in [0, 0.1) is 0 Å². The molecule has 0 saturated heterocycles. The van der Waals surface area contributed by atoms with E-state index in [2.05, 4.69) is 0 Å². The van der Waals surface area contributed by atoms with E-state index in [9.17, 15) is 19.8 Å². The molecule has 0 aromatic heterocycles. The van der Waals surface area contributed by atoms with E-state index in [1.165, 1.54) is 12.1 Å². The van der Waals surface area contributed by atoms with Crippen molar-refractivity contribution in [3.05, 3.63) is 34.4 Å². The molecule has 84 valence electrons. The van der Waals surface area contributed by atoms with Crippen LogP contribution < -0.4 is 113 Å². The fourth-order valence-corrected chi connectivity index (χ4v) is 1.76. The van der Waals surface area contributed by atoms with Gasteiger partial charge in [-0.3, -0.25) is 0 Å². The van der Waals surface area contributed by atoms with Crippen molar-refractivity contribution in [1.82, 2.24) is 0 Å². The zero-order chi connectivity index (χ0) is 11.7. The molecule has 0 fully saturated rings. The van der Waals surface area contributed by atoms with Gasteiger partial charge >= 0.3 is 103 Å². The van der Waals surface area contributed by atoms with Gasteiger partial charge in [-0.05, 0) is 29.7 Å². The number of hydrogen-bond donors (Lipinski definition) is 0. The van der Waals surface area contributed by atoms with Crippen LogP contribution in [-0.2, 0) is 17.8 Å². The van der Waals surface area contributed by atoms with E-state index in [4.69, 9.17) is 4.74 Å². The molecular weight excluding hydrogens is 290 g/mol. The topological polar surface area (TPSA) is 89.5 Å². The number of hydrogen-bond acceptors (Lipinski definition) is 5. The van der Waals surface area contributed by atoms with Crippen molar-refractivity contribution >= 4 is 11.9 Å². The average Bonchev–Trinajstić information content (AvgIpc) is 2.27. The minimum atomic E-state index is -1.52. The van der Waals surface area contributed by atoms with Crippen molar-refractivity contribution in [3.8, 4) is 0 Å². The van der Waals surface area contributed by atoms with Gasteiger partial charge < -0.3 is 24.5 Å². The molecule has 1 aromatic rings. The molecule has 0 bridgehead atoms. The molecule has 0 radical (unpaired) electrons. The molecule has 1 aromatic carbocycles. The molecule has 1 aliphatic heterocycles. The van der Waals surface area contributed by atoms with E-state index >= 15 is 0 Å². The van der Waals surface area contributed by atoms with E-state index in [-0.39, 0.29) is 114 Å².